The van der Waals surface area contributed by atoms with E-state index in [1.54, 1.807) is 0 Å². The third kappa shape index (κ3) is 4.97. The molecule has 1 aliphatic rings. The summed E-state index contributed by atoms with van der Waals surface area (Å²) in [7, 11) is 0. The molecule has 94 valence electrons. The van der Waals surface area contributed by atoms with Gasteiger partial charge in [0.05, 0.1) is 6.54 Å². The summed E-state index contributed by atoms with van der Waals surface area (Å²) in [6.07, 6.45) is 5.36. The zero-order valence-corrected chi connectivity index (χ0v) is 10.9. The summed E-state index contributed by atoms with van der Waals surface area (Å²) < 4.78 is 0. The van der Waals surface area contributed by atoms with Crippen molar-refractivity contribution in [3.63, 3.8) is 0 Å². The van der Waals surface area contributed by atoms with E-state index in [1.807, 2.05) is 0 Å². The smallest absolute Gasteiger partial charge is 0.233 e. The predicted octanol–water partition coefficient (Wildman–Crippen LogP) is 1.93. The highest BCUT2D eigenvalue weighted by Crippen LogP contribution is 2.27. The van der Waals surface area contributed by atoms with Crippen LogP contribution in [0.25, 0.3) is 0 Å². The van der Waals surface area contributed by atoms with Crippen molar-refractivity contribution in [1.82, 2.24) is 10.6 Å². The highest BCUT2D eigenvalue weighted by Gasteiger charge is 2.21. The van der Waals surface area contributed by atoms with E-state index in [0.29, 0.717) is 18.5 Å². The molecule has 0 unspecified atom stereocenters. The number of hydrogen-bond acceptors (Lipinski definition) is 2. The van der Waals surface area contributed by atoms with Gasteiger partial charge in [0.2, 0.25) is 5.91 Å². The summed E-state index contributed by atoms with van der Waals surface area (Å²) in [4.78, 5) is 11.5. The van der Waals surface area contributed by atoms with Gasteiger partial charge < -0.3 is 10.6 Å². The molecule has 0 saturated heterocycles. The van der Waals surface area contributed by atoms with Crippen molar-refractivity contribution in [1.29, 1.82) is 0 Å². The van der Waals surface area contributed by atoms with Crippen molar-refractivity contribution in [2.45, 2.75) is 52.5 Å². The van der Waals surface area contributed by atoms with Crippen LogP contribution in [0.2, 0.25) is 0 Å². The number of rotatable bonds is 6. The second kappa shape index (κ2) is 6.89. The van der Waals surface area contributed by atoms with Gasteiger partial charge in [-0.25, -0.2) is 0 Å². The lowest BCUT2D eigenvalue weighted by Gasteiger charge is -2.20. The average molecular weight is 226 g/mol. The number of carbonyl (C=O) groups is 1. The van der Waals surface area contributed by atoms with E-state index in [-0.39, 0.29) is 5.91 Å². The van der Waals surface area contributed by atoms with E-state index in [4.69, 9.17) is 0 Å². The van der Waals surface area contributed by atoms with Gasteiger partial charge in [-0.2, -0.15) is 0 Å². The third-order valence-electron chi connectivity index (χ3n) is 3.40. The summed E-state index contributed by atoms with van der Waals surface area (Å²) in [5.74, 6) is 1.42. The fourth-order valence-corrected chi connectivity index (χ4v) is 2.26. The Labute approximate surface area is 99.4 Å². The molecule has 0 heterocycles. The Hall–Kier alpha value is -0.570. The predicted molar refractivity (Wildman–Crippen MR) is 67.3 cm³/mol. The van der Waals surface area contributed by atoms with E-state index in [2.05, 4.69) is 31.4 Å². The van der Waals surface area contributed by atoms with E-state index >= 15 is 0 Å². The molecular weight excluding hydrogens is 200 g/mol. The molecule has 3 nitrogen and oxygen atoms in total. The van der Waals surface area contributed by atoms with E-state index < -0.39 is 0 Å². The SMILES string of the molecule is CC(C)CNC(=O)CN[C@@H](C)C1CCCC1. The third-order valence-corrected chi connectivity index (χ3v) is 3.40. The molecule has 0 aromatic carbocycles. The molecule has 0 radical (unpaired) electrons. The second-order valence-corrected chi connectivity index (χ2v) is 5.41. The summed E-state index contributed by atoms with van der Waals surface area (Å²) in [5, 5.41) is 6.26. The van der Waals surface area contributed by atoms with Crippen LogP contribution in [-0.4, -0.2) is 25.0 Å². The fourth-order valence-electron chi connectivity index (χ4n) is 2.26. The van der Waals surface area contributed by atoms with Gasteiger partial charge in [-0.1, -0.05) is 26.7 Å². The summed E-state index contributed by atoms with van der Waals surface area (Å²) in [6.45, 7) is 7.65. The Morgan fingerprint density at radius 2 is 1.88 bits per heavy atom. The fraction of sp³-hybridized carbons (Fsp3) is 0.923. The molecule has 1 amide bonds. The van der Waals surface area contributed by atoms with Crippen LogP contribution < -0.4 is 10.6 Å². The van der Waals surface area contributed by atoms with Crippen molar-refractivity contribution < 1.29 is 4.79 Å². The van der Waals surface area contributed by atoms with E-state index in [1.165, 1.54) is 25.7 Å². The number of hydrogen-bond donors (Lipinski definition) is 2. The quantitative estimate of drug-likeness (QED) is 0.726. The molecule has 1 fully saturated rings. The van der Waals surface area contributed by atoms with Gasteiger partial charge in [-0.05, 0) is 31.6 Å². The minimum atomic E-state index is 0.124. The largest absolute Gasteiger partial charge is 0.355 e. The first kappa shape index (κ1) is 13.5. The first-order chi connectivity index (χ1) is 7.59. The van der Waals surface area contributed by atoms with Crippen molar-refractivity contribution in [3.8, 4) is 0 Å². The number of amides is 1. The summed E-state index contributed by atoms with van der Waals surface area (Å²) in [6, 6.07) is 0.479. The molecule has 2 N–H and O–H groups in total. The normalized spacial score (nSPS) is 19.0. The molecule has 0 aromatic rings. The van der Waals surface area contributed by atoms with Crippen LogP contribution in [0, 0.1) is 11.8 Å². The van der Waals surface area contributed by atoms with Crippen LogP contribution in [0.5, 0.6) is 0 Å². The van der Waals surface area contributed by atoms with Crippen LogP contribution in [-0.2, 0) is 4.79 Å². The molecule has 0 bridgehead atoms. The van der Waals surface area contributed by atoms with Crippen molar-refractivity contribution in [3.05, 3.63) is 0 Å². The second-order valence-electron chi connectivity index (χ2n) is 5.41. The molecular formula is C13H26N2O. The van der Waals surface area contributed by atoms with Crippen LogP contribution in [0.4, 0.5) is 0 Å². The maximum atomic E-state index is 11.5. The Bertz CT molecular complexity index is 210. The Morgan fingerprint density at radius 3 is 2.44 bits per heavy atom. The van der Waals surface area contributed by atoms with Gasteiger partial charge in [0, 0.05) is 12.6 Å². The first-order valence-electron chi connectivity index (χ1n) is 6.59. The van der Waals surface area contributed by atoms with Crippen molar-refractivity contribution in [2.75, 3.05) is 13.1 Å². The lowest BCUT2D eigenvalue weighted by Crippen LogP contribution is -2.41. The maximum Gasteiger partial charge on any atom is 0.233 e. The zero-order valence-electron chi connectivity index (χ0n) is 10.9. The van der Waals surface area contributed by atoms with Gasteiger partial charge >= 0.3 is 0 Å². The minimum absolute atomic E-state index is 0.124. The number of carbonyl (C=O) groups excluding carboxylic acids is 1. The Kier molecular flexibility index (Phi) is 5.81. The van der Waals surface area contributed by atoms with Crippen LogP contribution in [0.15, 0.2) is 0 Å². The molecule has 1 aliphatic carbocycles. The Morgan fingerprint density at radius 1 is 1.25 bits per heavy atom. The highest BCUT2D eigenvalue weighted by atomic mass is 16.1. The van der Waals surface area contributed by atoms with Gasteiger partial charge in [-0.15, -0.1) is 0 Å². The molecule has 3 heteroatoms. The standard InChI is InChI=1S/C13H26N2O/c1-10(2)8-15-13(16)9-14-11(3)12-6-4-5-7-12/h10-12,14H,4-9H2,1-3H3,(H,15,16)/t11-/m0/s1. The topological polar surface area (TPSA) is 41.1 Å². The molecule has 1 atom stereocenters. The molecule has 1 rings (SSSR count). The van der Waals surface area contributed by atoms with Gasteiger partial charge in [0.25, 0.3) is 0 Å². The van der Waals surface area contributed by atoms with Gasteiger partial charge in [0.15, 0.2) is 0 Å². The van der Waals surface area contributed by atoms with Crippen molar-refractivity contribution in [2.24, 2.45) is 11.8 Å². The molecule has 0 aliphatic heterocycles. The molecule has 1 saturated carbocycles. The van der Waals surface area contributed by atoms with Gasteiger partial charge in [-0.3, -0.25) is 4.79 Å². The van der Waals surface area contributed by atoms with Gasteiger partial charge in [0.1, 0.15) is 0 Å². The number of nitrogens with one attached hydrogen (secondary N) is 2. The van der Waals surface area contributed by atoms with E-state index in [9.17, 15) is 4.79 Å². The average Bonchev–Trinajstić information content (AvgIpc) is 2.76. The Balaban J connectivity index is 2.10. The van der Waals surface area contributed by atoms with Crippen LogP contribution in [0.3, 0.4) is 0 Å². The summed E-state index contributed by atoms with van der Waals surface area (Å²) >= 11 is 0. The van der Waals surface area contributed by atoms with Crippen molar-refractivity contribution >= 4 is 5.91 Å². The lowest BCUT2D eigenvalue weighted by molar-refractivity contribution is -0.120. The minimum Gasteiger partial charge on any atom is -0.355 e. The van der Waals surface area contributed by atoms with Crippen LogP contribution >= 0.6 is 0 Å². The summed E-state index contributed by atoms with van der Waals surface area (Å²) in [5.41, 5.74) is 0. The monoisotopic (exact) mass is 226 g/mol. The lowest BCUT2D eigenvalue weighted by atomic mass is 10.00. The zero-order chi connectivity index (χ0) is 12.0. The molecule has 16 heavy (non-hydrogen) atoms. The first-order valence-corrected chi connectivity index (χ1v) is 6.59. The van der Waals surface area contributed by atoms with E-state index in [0.717, 1.165) is 12.5 Å². The van der Waals surface area contributed by atoms with Crippen LogP contribution in [0.1, 0.15) is 46.5 Å². The highest BCUT2D eigenvalue weighted by molar-refractivity contribution is 5.77. The molecule has 0 aromatic heterocycles. The maximum absolute atomic E-state index is 11.5. The molecule has 0 spiro atoms.